The first kappa shape index (κ1) is 23.3. The molecule has 12 heteroatoms. The van der Waals surface area contributed by atoms with E-state index in [9.17, 15) is 26.4 Å². The van der Waals surface area contributed by atoms with Gasteiger partial charge in [-0.05, 0) is 42.5 Å². The van der Waals surface area contributed by atoms with E-state index in [-0.39, 0.29) is 48.5 Å². The maximum absolute atomic E-state index is 12.8. The molecule has 1 aliphatic heterocycles. The fourth-order valence-electron chi connectivity index (χ4n) is 2.87. The molecule has 2 aromatic rings. The second-order valence-corrected chi connectivity index (χ2v) is 8.95. The Morgan fingerprint density at radius 2 is 1.68 bits per heavy atom. The third kappa shape index (κ3) is 5.88. The summed E-state index contributed by atoms with van der Waals surface area (Å²) in [6, 6.07) is 8.33. The smallest absolute Gasteiger partial charge is 0.379 e. The van der Waals surface area contributed by atoms with Gasteiger partial charge in [0.05, 0.1) is 30.3 Å². The van der Waals surface area contributed by atoms with Gasteiger partial charge >= 0.3 is 6.18 Å². The lowest BCUT2D eigenvalue weighted by atomic mass is 10.2. The van der Waals surface area contributed by atoms with E-state index in [1.54, 1.807) is 0 Å². The molecule has 0 aromatic heterocycles. The summed E-state index contributed by atoms with van der Waals surface area (Å²) in [5, 5.41) is 5.27. The van der Waals surface area contributed by atoms with Crippen LogP contribution in [0.25, 0.3) is 0 Å². The molecular weight excluding hydrogens is 459 g/mol. The Morgan fingerprint density at radius 1 is 1.06 bits per heavy atom. The number of hydrogen-bond acceptors (Lipinski definition) is 5. The van der Waals surface area contributed by atoms with E-state index in [1.807, 2.05) is 0 Å². The predicted octanol–water partition coefficient (Wildman–Crippen LogP) is 3.43. The molecule has 31 heavy (non-hydrogen) atoms. The molecule has 1 heterocycles. The minimum absolute atomic E-state index is 0.0207. The first-order chi connectivity index (χ1) is 14.6. The Labute approximate surface area is 182 Å². The lowest BCUT2D eigenvalue weighted by Gasteiger charge is -2.26. The van der Waals surface area contributed by atoms with Crippen molar-refractivity contribution >= 4 is 38.9 Å². The second-order valence-electron chi connectivity index (χ2n) is 6.64. The van der Waals surface area contributed by atoms with Gasteiger partial charge in [0.25, 0.3) is 0 Å². The van der Waals surface area contributed by atoms with E-state index in [2.05, 4.69) is 10.6 Å². The first-order valence-corrected chi connectivity index (χ1v) is 11.0. The van der Waals surface area contributed by atoms with Crippen molar-refractivity contribution in [2.75, 3.05) is 43.5 Å². The van der Waals surface area contributed by atoms with E-state index in [0.717, 1.165) is 12.1 Å². The lowest BCUT2D eigenvalue weighted by molar-refractivity contribution is -0.137. The number of alkyl halides is 3. The standard InChI is InChI=1S/C19H19ClF3N3O4S/c20-16-6-5-15(11-17(16)31(28,29)26-7-9-30-10-8-26)25-18(27)12-24-14-3-1-13(2-4-14)19(21,22)23/h1-6,11,24H,7-10,12H2,(H,25,27). The molecule has 0 bridgehead atoms. The molecule has 1 amide bonds. The summed E-state index contributed by atoms with van der Waals surface area (Å²) >= 11 is 6.08. The van der Waals surface area contributed by atoms with Crippen molar-refractivity contribution in [3.63, 3.8) is 0 Å². The molecule has 7 nitrogen and oxygen atoms in total. The van der Waals surface area contributed by atoms with Gasteiger partial charge in [0.1, 0.15) is 4.90 Å². The summed E-state index contributed by atoms with van der Waals surface area (Å²) in [7, 11) is -3.86. The number of amides is 1. The Kier molecular flexibility index (Phi) is 7.10. The van der Waals surface area contributed by atoms with E-state index < -0.39 is 27.7 Å². The number of halogens is 4. The first-order valence-electron chi connectivity index (χ1n) is 9.16. The van der Waals surface area contributed by atoms with Crippen LogP contribution >= 0.6 is 11.6 Å². The summed E-state index contributed by atoms with van der Waals surface area (Å²) in [6.07, 6.45) is -4.44. The average molecular weight is 478 g/mol. The number of carbonyl (C=O) groups is 1. The van der Waals surface area contributed by atoms with Crippen LogP contribution in [0.15, 0.2) is 47.4 Å². The molecule has 2 N–H and O–H groups in total. The predicted molar refractivity (Wildman–Crippen MR) is 110 cm³/mol. The Morgan fingerprint density at radius 3 is 2.29 bits per heavy atom. The summed E-state index contributed by atoms with van der Waals surface area (Å²) in [4.78, 5) is 12.1. The van der Waals surface area contributed by atoms with Gasteiger partial charge in [0, 0.05) is 24.5 Å². The summed E-state index contributed by atoms with van der Waals surface area (Å²) in [6.45, 7) is 0.726. The third-order valence-electron chi connectivity index (χ3n) is 4.47. The van der Waals surface area contributed by atoms with Crippen LogP contribution in [0.5, 0.6) is 0 Å². The van der Waals surface area contributed by atoms with Crippen molar-refractivity contribution in [1.82, 2.24) is 4.31 Å². The van der Waals surface area contributed by atoms with Crippen molar-refractivity contribution in [2.24, 2.45) is 0 Å². The molecule has 1 fully saturated rings. The number of morpholine rings is 1. The number of ether oxygens (including phenoxy) is 1. The number of rotatable bonds is 6. The van der Waals surface area contributed by atoms with Crippen LogP contribution < -0.4 is 10.6 Å². The number of nitrogens with zero attached hydrogens (tertiary/aromatic N) is 1. The van der Waals surface area contributed by atoms with E-state index in [1.165, 1.54) is 34.6 Å². The lowest BCUT2D eigenvalue weighted by Crippen LogP contribution is -2.40. The second kappa shape index (κ2) is 9.43. The van der Waals surface area contributed by atoms with E-state index >= 15 is 0 Å². The van der Waals surface area contributed by atoms with Crippen molar-refractivity contribution in [3.05, 3.63) is 53.1 Å². The molecule has 3 rings (SSSR count). The number of hydrogen-bond donors (Lipinski definition) is 2. The molecular formula is C19H19ClF3N3O4S. The maximum atomic E-state index is 12.8. The highest BCUT2D eigenvalue weighted by molar-refractivity contribution is 7.89. The van der Waals surface area contributed by atoms with Gasteiger partial charge in [-0.1, -0.05) is 11.6 Å². The Bertz CT molecular complexity index is 1040. The minimum Gasteiger partial charge on any atom is -0.379 e. The van der Waals surface area contributed by atoms with Crippen molar-refractivity contribution < 1.29 is 31.1 Å². The normalized spacial score (nSPS) is 15.5. The van der Waals surface area contributed by atoms with Crippen LogP contribution in [-0.4, -0.2) is 51.5 Å². The minimum atomic E-state index is -4.44. The molecule has 1 saturated heterocycles. The molecule has 168 valence electrons. The quantitative estimate of drug-likeness (QED) is 0.665. The van der Waals surface area contributed by atoms with Crippen LogP contribution in [0.1, 0.15) is 5.56 Å². The molecule has 0 saturated carbocycles. The number of nitrogens with one attached hydrogen (secondary N) is 2. The number of anilines is 2. The largest absolute Gasteiger partial charge is 0.416 e. The highest BCUT2D eigenvalue weighted by Crippen LogP contribution is 2.30. The maximum Gasteiger partial charge on any atom is 0.416 e. The van der Waals surface area contributed by atoms with Crippen LogP contribution in [0.4, 0.5) is 24.5 Å². The van der Waals surface area contributed by atoms with Gasteiger partial charge in [-0.25, -0.2) is 8.42 Å². The van der Waals surface area contributed by atoms with Crippen LogP contribution in [-0.2, 0) is 25.7 Å². The van der Waals surface area contributed by atoms with Crippen molar-refractivity contribution in [2.45, 2.75) is 11.1 Å². The SMILES string of the molecule is O=C(CNc1ccc(C(F)(F)F)cc1)Nc1ccc(Cl)c(S(=O)(=O)N2CCOCC2)c1. The molecule has 1 aliphatic rings. The average Bonchev–Trinajstić information content (AvgIpc) is 2.74. The van der Waals surface area contributed by atoms with Crippen LogP contribution in [0, 0.1) is 0 Å². The molecule has 0 radical (unpaired) electrons. The summed E-state index contributed by atoms with van der Waals surface area (Å²) < 4.78 is 69.9. The summed E-state index contributed by atoms with van der Waals surface area (Å²) in [5.74, 6) is -0.517. The Balaban J connectivity index is 1.64. The molecule has 0 aliphatic carbocycles. The molecule has 0 atom stereocenters. The van der Waals surface area contributed by atoms with Crippen LogP contribution in [0.3, 0.4) is 0 Å². The van der Waals surface area contributed by atoms with Gasteiger partial charge in [0.15, 0.2) is 0 Å². The molecule has 2 aromatic carbocycles. The highest BCUT2D eigenvalue weighted by Gasteiger charge is 2.30. The van der Waals surface area contributed by atoms with Crippen molar-refractivity contribution in [3.8, 4) is 0 Å². The monoisotopic (exact) mass is 477 g/mol. The zero-order chi connectivity index (χ0) is 22.6. The van der Waals surface area contributed by atoms with Gasteiger partial charge < -0.3 is 15.4 Å². The number of sulfonamides is 1. The molecule has 0 spiro atoms. The fraction of sp³-hybridized carbons (Fsp3) is 0.316. The highest BCUT2D eigenvalue weighted by atomic mass is 35.5. The number of benzene rings is 2. The van der Waals surface area contributed by atoms with Gasteiger partial charge in [-0.3, -0.25) is 4.79 Å². The Hall–Kier alpha value is -2.34. The fourth-order valence-corrected chi connectivity index (χ4v) is 4.78. The van der Waals surface area contributed by atoms with Gasteiger partial charge in [-0.15, -0.1) is 0 Å². The van der Waals surface area contributed by atoms with E-state index in [0.29, 0.717) is 5.69 Å². The zero-order valence-electron chi connectivity index (χ0n) is 16.1. The molecule has 0 unspecified atom stereocenters. The number of carbonyl (C=O) groups excluding carboxylic acids is 1. The third-order valence-corrected chi connectivity index (χ3v) is 6.85. The van der Waals surface area contributed by atoms with E-state index in [4.69, 9.17) is 16.3 Å². The van der Waals surface area contributed by atoms with Crippen LogP contribution in [0.2, 0.25) is 5.02 Å². The van der Waals surface area contributed by atoms with Gasteiger partial charge in [0.2, 0.25) is 15.9 Å². The van der Waals surface area contributed by atoms with Crippen molar-refractivity contribution in [1.29, 1.82) is 0 Å². The zero-order valence-corrected chi connectivity index (χ0v) is 17.6. The summed E-state index contributed by atoms with van der Waals surface area (Å²) in [5.41, 5.74) is -0.247. The van der Waals surface area contributed by atoms with Gasteiger partial charge in [-0.2, -0.15) is 17.5 Å². The topological polar surface area (TPSA) is 87.7 Å².